The molecule has 1 aromatic carbocycles. The molecule has 0 saturated heterocycles. The van der Waals surface area contributed by atoms with E-state index >= 15 is 0 Å². The smallest absolute Gasteiger partial charge is 0.192 e. The number of nitrogens with zero attached hydrogens (tertiary/aromatic N) is 4. The molecule has 0 aliphatic heterocycles. The summed E-state index contributed by atoms with van der Waals surface area (Å²) in [4.78, 5) is 8.83. The van der Waals surface area contributed by atoms with Crippen LogP contribution >= 0.6 is 23.2 Å². The van der Waals surface area contributed by atoms with Crippen molar-refractivity contribution in [2.45, 2.75) is 13.8 Å². The minimum Gasteiger partial charge on any atom is -0.230 e. The van der Waals surface area contributed by atoms with Crippen molar-refractivity contribution < 1.29 is 0 Å². The first-order chi connectivity index (χ1) is 9.04. The maximum absolute atomic E-state index is 6.19. The number of aromatic nitrogens is 4. The Morgan fingerprint density at radius 1 is 1.00 bits per heavy atom. The number of aryl methyl sites for hydroxylation is 2. The Kier molecular flexibility index (Phi) is 2.92. The van der Waals surface area contributed by atoms with E-state index in [0.717, 1.165) is 16.9 Å². The molecule has 2 aromatic heterocycles. The minimum absolute atomic E-state index is 0.306. The van der Waals surface area contributed by atoms with Crippen molar-refractivity contribution in [2.75, 3.05) is 0 Å². The molecule has 0 N–H and O–H groups in total. The van der Waals surface area contributed by atoms with Gasteiger partial charge in [0, 0.05) is 10.7 Å². The van der Waals surface area contributed by atoms with Crippen molar-refractivity contribution in [3.05, 3.63) is 45.8 Å². The van der Waals surface area contributed by atoms with Crippen LogP contribution in [0.25, 0.3) is 16.9 Å². The third-order valence-electron chi connectivity index (χ3n) is 2.78. The summed E-state index contributed by atoms with van der Waals surface area (Å²) in [5, 5.41) is 5.28. The fraction of sp³-hybridized carbons (Fsp3) is 0.154. The van der Waals surface area contributed by atoms with Crippen molar-refractivity contribution in [3.8, 4) is 5.82 Å². The molecule has 0 fully saturated rings. The maximum atomic E-state index is 6.19. The molecule has 0 aliphatic carbocycles. The first-order valence-corrected chi connectivity index (χ1v) is 6.46. The lowest BCUT2D eigenvalue weighted by Crippen LogP contribution is -2.04. The Morgan fingerprint density at radius 2 is 1.79 bits per heavy atom. The molecule has 0 unspecified atom stereocenters. The van der Waals surface area contributed by atoms with Crippen LogP contribution in [0.5, 0.6) is 0 Å². The van der Waals surface area contributed by atoms with Gasteiger partial charge in [-0.1, -0.05) is 23.2 Å². The lowest BCUT2D eigenvalue weighted by atomic mass is 10.3. The van der Waals surface area contributed by atoms with Gasteiger partial charge in [0.25, 0.3) is 0 Å². The van der Waals surface area contributed by atoms with E-state index in [-0.39, 0.29) is 0 Å². The largest absolute Gasteiger partial charge is 0.230 e. The highest BCUT2D eigenvalue weighted by Crippen LogP contribution is 2.23. The van der Waals surface area contributed by atoms with Crippen LogP contribution in [0.4, 0.5) is 0 Å². The predicted molar refractivity (Wildman–Crippen MR) is 76.2 cm³/mol. The van der Waals surface area contributed by atoms with Gasteiger partial charge in [-0.05, 0) is 38.1 Å². The fourth-order valence-corrected chi connectivity index (χ4v) is 2.35. The van der Waals surface area contributed by atoms with Gasteiger partial charge in [0.05, 0.1) is 16.7 Å². The van der Waals surface area contributed by atoms with Crippen molar-refractivity contribution in [1.82, 2.24) is 19.7 Å². The molecule has 3 aromatic rings. The molecule has 0 spiro atoms. The number of halogens is 2. The average Bonchev–Trinajstić information content (AvgIpc) is 2.67. The van der Waals surface area contributed by atoms with Gasteiger partial charge in [-0.25, -0.2) is 14.6 Å². The molecule has 19 heavy (non-hydrogen) atoms. The molecule has 0 radical (unpaired) electrons. The minimum atomic E-state index is 0.306. The van der Waals surface area contributed by atoms with Crippen molar-refractivity contribution in [2.24, 2.45) is 0 Å². The third kappa shape index (κ3) is 2.17. The van der Waals surface area contributed by atoms with Gasteiger partial charge in [-0.15, -0.1) is 0 Å². The van der Waals surface area contributed by atoms with Crippen LogP contribution < -0.4 is 0 Å². The SMILES string of the molecule is Cc1cc(C)n(-c2nc3ccc(Cl)cc3nc2Cl)n1. The standard InChI is InChI=1S/C13H10Cl2N4/c1-7-5-8(2)19(18-7)13-12(15)16-11-6-9(14)3-4-10(11)17-13/h3-6H,1-2H3. The molecule has 4 nitrogen and oxygen atoms in total. The Balaban J connectivity index is 2.27. The van der Waals surface area contributed by atoms with Crippen LogP contribution in [-0.4, -0.2) is 19.7 Å². The van der Waals surface area contributed by atoms with Crippen LogP contribution in [0, 0.1) is 13.8 Å². The molecule has 96 valence electrons. The zero-order valence-corrected chi connectivity index (χ0v) is 11.9. The first kappa shape index (κ1) is 12.4. The van der Waals surface area contributed by atoms with Crippen LogP contribution in [0.1, 0.15) is 11.4 Å². The van der Waals surface area contributed by atoms with E-state index in [2.05, 4.69) is 15.1 Å². The van der Waals surface area contributed by atoms with E-state index in [0.29, 0.717) is 21.5 Å². The summed E-state index contributed by atoms with van der Waals surface area (Å²) in [7, 11) is 0. The van der Waals surface area contributed by atoms with Crippen molar-refractivity contribution in [3.63, 3.8) is 0 Å². The quantitative estimate of drug-likeness (QED) is 0.686. The molecular weight excluding hydrogens is 283 g/mol. The second kappa shape index (κ2) is 4.47. The molecule has 3 rings (SSSR count). The summed E-state index contributed by atoms with van der Waals surface area (Å²) in [6.07, 6.45) is 0. The van der Waals surface area contributed by atoms with E-state index in [9.17, 15) is 0 Å². The van der Waals surface area contributed by atoms with Gasteiger partial charge in [0.15, 0.2) is 11.0 Å². The molecule has 0 bridgehead atoms. The number of benzene rings is 1. The van der Waals surface area contributed by atoms with Crippen LogP contribution in [0.3, 0.4) is 0 Å². The molecule has 2 heterocycles. The summed E-state index contributed by atoms with van der Waals surface area (Å²) in [5.41, 5.74) is 3.27. The van der Waals surface area contributed by atoms with Crippen molar-refractivity contribution in [1.29, 1.82) is 0 Å². The van der Waals surface area contributed by atoms with Gasteiger partial charge in [0.1, 0.15) is 0 Å². The van der Waals surface area contributed by atoms with E-state index in [1.54, 1.807) is 16.8 Å². The highest BCUT2D eigenvalue weighted by atomic mass is 35.5. The Morgan fingerprint density at radius 3 is 2.47 bits per heavy atom. The summed E-state index contributed by atoms with van der Waals surface area (Å²) in [6.45, 7) is 3.87. The van der Waals surface area contributed by atoms with E-state index in [4.69, 9.17) is 23.2 Å². The molecule has 0 aliphatic rings. The van der Waals surface area contributed by atoms with Gasteiger partial charge in [-0.3, -0.25) is 0 Å². The molecule has 0 amide bonds. The summed E-state index contributed by atoms with van der Waals surface area (Å²) < 4.78 is 1.69. The lowest BCUT2D eigenvalue weighted by molar-refractivity contribution is 0.806. The lowest BCUT2D eigenvalue weighted by Gasteiger charge is -2.07. The number of fused-ring (bicyclic) bond motifs is 1. The van der Waals surface area contributed by atoms with E-state index < -0.39 is 0 Å². The van der Waals surface area contributed by atoms with Crippen molar-refractivity contribution >= 4 is 34.2 Å². The summed E-state index contributed by atoms with van der Waals surface area (Å²) >= 11 is 12.1. The summed E-state index contributed by atoms with van der Waals surface area (Å²) in [6, 6.07) is 7.29. The Labute approximate surface area is 120 Å². The molecule has 6 heteroatoms. The summed E-state index contributed by atoms with van der Waals surface area (Å²) in [5.74, 6) is 0.530. The predicted octanol–water partition coefficient (Wildman–Crippen LogP) is 3.74. The normalized spacial score (nSPS) is 11.2. The topological polar surface area (TPSA) is 43.6 Å². The average molecular weight is 293 g/mol. The molecular formula is C13H10Cl2N4. The number of hydrogen-bond acceptors (Lipinski definition) is 3. The Hall–Kier alpha value is -1.65. The first-order valence-electron chi connectivity index (χ1n) is 5.71. The van der Waals surface area contributed by atoms with E-state index in [1.165, 1.54) is 0 Å². The highest BCUT2D eigenvalue weighted by Gasteiger charge is 2.12. The zero-order valence-electron chi connectivity index (χ0n) is 10.4. The molecule has 0 atom stereocenters. The highest BCUT2D eigenvalue weighted by molar-refractivity contribution is 6.32. The number of rotatable bonds is 1. The Bertz CT molecular complexity index is 780. The van der Waals surface area contributed by atoms with Gasteiger partial charge in [-0.2, -0.15) is 5.10 Å². The van der Waals surface area contributed by atoms with Crippen LogP contribution in [0.15, 0.2) is 24.3 Å². The maximum Gasteiger partial charge on any atom is 0.192 e. The zero-order chi connectivity index (χ0) is 13.6. The second-order valence-corrected chi connectivity index (χ2v) is 5.10. The fourth-order valence-electron chi connectivity index (χ4n) is 1.97. The third-order valence-corrected chi connectivity index (χ3v) is 3.27. The van der Waals surface area contributed by atoms with E-state index in [1.807, 2.05) is 26.0 Å². The van der Waals surface area contributed by atoms with Gasteiger partial charge in [0.2, 0.25) is 0 Å². The number of hydrogen-bond donors (Lipinski definition) is 0. The van der Waals surface area contributed by atoms with Gasteiger partial charge < -0.3 is 0 Å². The van der Waals surface area contributed by atoms with Crippen LogP contribution in [-0.2, 0) is 0 Å². The van der Waals surface area contributed by atoms with Gasteiger partial charge >= 0.3 is 0 Å². The monoisotopic (exact) mass is 292 g/mol. The molecule has 0 saturated carbocycles. The second-order valence-electron chi connectivity index (χ2n) is 4.31. The van der Waals surface area contributed by atoms with Crippen LogP contribution in [0.2, 0.25) is 10.2 Å².